The zero-order valence-electron chi connectivity index (χ0n) is 14.3. The molecule has 0 saturated carbocycles. The minimum absolute atomic E-state index is 0.277. The second-order valence-corrected chi connectivity index (χ2v) is 6.45. The number of benzene rings is 1. The summed E-state index contributed by atoms with van der Waals surface area (Å²) in [5, 5.41) is 9.74. The summed E-state index contributed by atoms with van der Waals surface area (Å²) < 4.78 is 0. The average Bonchev–Trinajstić information content (AvgIpc) is 2.65. The van der Waals surface area contributed by atoms with Crippen LogP contribution in [0.2, 0.25) is 0 Å². The van der Waals surface area contributed by atoms with Crippen LogP contribution >= 0.6 is 0 Å². The lowest BCUT2D eigenvalue weighted by Gasteiger charge is -2.49. The van der Waals surface area contributed by atoms with Crippen LogP contribution < -0.4 is 0 Å². The van der Waals surface area contributed by atoms with Crippen molar-refractivity contribution in [3.63, 3.8) is 0 Å². The SMILES string of the molecule is O=C(C(=O)N1CC[C@@]1(CCCc1cccnc1)C(=O)O)c1ccccc1. The highest BCUT2D eigenvalue weighted by Gasteiger charge is 2.54. The molecule has 1 fully saturated rings. The van der Waals surface area contributed by atoms with Gasteiger partial charge in [-0.15, -0.1) is 0 Å². The molecule has 1 aliphatic heterocycles. The summed E-state index contributed by atoms with van der Waals surface area (Å²) in [5.41, 5.74) is 0.00801. The van der Waals surface area contributed by atoms with Gasteiger partial charge in [-0.3, -0.25) is 14.6 Å². The Morgan fingerprint density at radius 1 is 1.12 bits per heavy atom. The Morgan fingerprint density at radius 3 is 2.46 bits per heavy atom. The molecule has 0 radical (unpaired) electrons. The van der Waals surface area contributed by atoms with E-state index in [9.17, 15) is 19.5 Å². The molecule has 1 aromatic carbocycles. The third kappa shape index (κ3) is 3.35. The van der Waals surface area contributed by atoms with E-state index < -0.39 is 23.2 Å². The molecule has 0 unspecified atom stereocenters. The maximum atomic E-state index is 12.6. The Kier molecular flexibility index (Phi) is 5.11. The van der Waals surface area contributed by atoms with Gasteiger partial charge in [-0.25, -0.2) is 4.79 Å². The summed E-state index contributed by atoms with van der Waals surface area (Å²) in [6, 6.07) is 12.0. The number of likely N-dealkylation sites (tertiary alicyclic amines) is 1. The lowest BCUT2D eigenvalue weighted by Crippen LogP contribution is -2.67. The van der Waals surface area contributed by atoms with Gasteiger partial charge in [-0.2, -0.15) is 0 Å². The molecule has 1 N–H and O–H groups in total. The fourth-order valence-corrected chi connectivity index (χ4v) is 3.35. The number of pyridine rings is 1. The number of carboxylic acid groups (broad SMARTS) is 1. The van der Waals surface area contributed by atoms with E-state index >= 15 is 0 Å². The van der Waals surface area contributed by atoms with Crippen molar-refractivity contribution in [1.29, 1.82) is 0 Å². The number of nitrogens with zero attached hydrogens (tertiary/aromatic N) is 2. The second kappa shape index (κ2) is 7.47. The topological polar surface area (TPSA) is 87.6 Å². The van der Waals surface area contributed by atoms with E-state index in [0.29, 0.717) is 25.7 Å². The number of carbonyl (C=O) groups excluding carboxylic acids is 2. The second-order valence-electron chi connectivity index (χ2n) is 6.45. The first-order chi connectivity index (χ1) is 12.5. The number of ketones is 1. The van der Waals surface area contributed by atoms with Gasteiger partial charge in [-0.05, 0) is 37.3 Å². The van der Waals surface area contributed by atoms with Crippen LogP contribution in [-0.4, -0.2) is 44.7 Å². The van der Waals surface area contributed by atoms with Gasteiger partial charge in [0.15, 0.2) is 0 Å². The maximum Gasteiger partial charge on any atom is 0.329 e. The summed E-state index contributed by atoms with van der Waals surface area (Å²) in [6.07, 6.45) is 5.38. The molecule has 2 aromatic rings. The number of hydrogen-bond acceptors (Lipinski definition) is 4. The van der Waals surface area contributed by atoms with Crippen LogP contribution in [0.4, 0.5) is 0 Å². The third-order valence-corrected chi connectivity index (χ3v) is 4.92. The molecule has 1 amide bonds. The minimum atomic E-state index is -1.29. The monoisotopic (exact) mass is 352 g/mol. The Balaban J connectivity index is 1.69. The normalized spacial score (nSPS) is 18.8. The summed E-state index contributed by atoms with van der Waals surface area (Å²) in [7, 11) is 0. The van der Waals surface area contributed by atoms with Crippen LogP contribution in [0, 0.1) is 0 Å². The lowest BCUT2D eigenvalue weighted by atomic mass is 9.79. The first-order valence-corrected chi connectivity index (χ1v) is 8.58. The van der Waals surface area contributed by atoms with Crippen molar-refractivity contribution in [3.8, 4) is 0 Å². The summed E-state index contributed by atoms with van der Waals surface area (Å²) in [5.74, 6) is -2.46. The number of Topliss-reactive ketones (excluding diaryl/α,β-unsaturated/α-hetero) is 1. The molecule has 0 spiro atoms. The Bertz CT molecular complexity index is 807. The van der Waals surface area contributed by atoms with Gasteiger partial charge >= 0.3 is 5.97 Å². The van der Waals surface area contributed by atoms with Crippen molar-refractivity contribution in [2.75, 3.05) is 6.54 Å². The van der Waals surface area contributed by atoms with E-state index in [0.717, 1.165) is 5.56 Å². The van der Waals surface area contributed by atoms with Gasteiger partial charge in [0.05, 0.1) is 0 Å². The predicted octanol–water partition coefficient (Wildman–Crippen LogP) is 2.34. The van der Waals surface area contributed by atoms with Crippen molar-refractivity contribution in [1.82, 2.24) is 9.88 Å². The number of aliphatic carboxylic acids is 1. The van der Waals surface area contributed by atoms with E-state index in [1.165, 1.54) is 4.90 Å². The minimum Gasteiger partial charge on any atom is -0.479 e. The maximum absolute atomic E-state index is 12.6. The smallest absolute Gasteiger partial charge is 0.329 e. The number of hydrogen-bond donors (Lipinski definition) is 1. The third-order valence-electron chi connectivity index (χ3n) is 4.92. The molecule has 6 nitrogen and oxygen atoms in total. The van der Waals surface area contributed by atoms with Crippen molar-refractivity contribution in [2.45, 2.75) is 31.2 Å². The van der Waals surface area contributed by atoms with Crippen molar-refractivity contribution >= 4 is 17.7 Å². The van der Waals surface area contributed by atoms with Gasteiger partial charge in [0.2, 0.25) is 5.78 Å². The van der Waals surface area contributed by atoms with Crippen LogP contribution in [-0.2, 0) is 16.0 Å². The van der Waals surface area contributed by atoms with Gasteiger partial charge < -0.3 is 10.0 Å². The number of aromatic nitrogens is 1. The summed E-state index contributed by atoms with van der Waals surface area (Å²) in [4.78, 5) is 42.1. The van der Waals surface area contributed by atoms with Crippen molar-refractivity contribution < 1.29 is 19.5 Å². The van der Waals surface area contributed by atoms with Gasteiger partial charge in [0.25, 0.3) is 5.91 Å². The molecule has 0 bridgehead atoms. The van der Waals surface area contributed by atoms with E-state index in [-0.39, 0.29) is 12.1 Å². The predicted molar refractivity (Wildman–Crippen MR) is 94.6 cm³/mol. The number of amides is 1. The molecule has 1 aromatic heterocycles. The lowest BCUT2D eigenvalue weighted by molar-refractivity contribution is -0.169. The molecule has 26 heavy (non-hydrogen) atoms. The van der Waals surface area contributed by atoms with Crippen LogP contribution in [0.25, 0.3) is 0 Å². The highest BCUT2D eigenvalue weighted by molar-refractivity contribution is 6.43. The first-order valence-electron chi connectivity index (χ1n) is 8.58. The molecule has 0 aliphatic carbocycles. The quantitative estimate of drug-likeness (QED) is 0.610. The molecule has 1 atom stereocenters. The van der Waals surface area contributed by atoms with E-state index in [1.807, 2.05) is 12.1 Å². The highest BCUT2D eigenvalue weighted by Crippen LogP contribution is 2.36. The van der Waals surface area contributed by atoms with E-state index in [4.69, 9.17) is 0 Å². The summed E-state index contributed by atoms with van der Waals surface area (Å²) in [6.45, 7) is 0.288. The molecule has 1 saturated heterocycles. The van der Waals surface area contributed by atoms with Gasteiger partial charge in [0, 0.05) is 24.5 Å². The Labute approximate surface area is 151 Å². The Morgan fingerprint density at radius 2 is 1.88 bits per heavy atom. The molecule has 3 rings (SSSR count). The van der Waals surface area contributed by atoms with E-state index in [1.54, 1.807) is 42.7 Å². The van der Waals surface area contributed by atoms with Crippen LogP contribution in [0.5, 0.6) is 0 Å². The zero-order chi connectivity index (χ0) is 18.6. The highest BCUT2D eigenvalue weighted by atomic mass is 16.4. The molecule has 6 heteroatoms. The number of aryl methyl sites for hydroxylation is 1. The van der Waals surface area contributed by atoms with Crippen molar-refractivity contribution in [3.05, 3.63) is 66.0 Å². The number of rotatable bonds is 7. The van der Waals surface area contributed by atoms with Crippen molar-refractivity contribution in [2.24, 2.45) is 0 Å². The first kappa shape index (κ1) is 17.8. The molecule has 1 aliphatic rings. The van der Waals surface area contributed by atoms with Crippen LogP contribution in [0.3, 0.4) is 0 Å². The molecular formula is C20H20N2O4. The zero-order valence-corrected chi connectivity index (χ0v) is 14.3. The van der Waals surface area contributed by atoms with Crippen LogP contribution in [0.15, 0.2) is 54.9 Å². The molecule has 2 heterocycles. The van der Waals surface area contributed by atoms with Gasteiger partial charge in [-0.1, -0.05) is 36.4 Å². The molecular weight excluding hydrogens is 332 g/mol. The molecule has 134 valence electrons. The standard InChI is InChI=1S/C20H20N2O4/c23-17(16-8-2-1-3-9-16)18(24)22-13-11-20(22,19(25)26)10-4-6-15-7-5-12-21-14-15/h1-3,5,7-9,12,14H,4,6,10-11,13H2,(H,25,26)/t20-/m0/s1. The number of carbonyl (C=O) groups is 3. The van der Waals surface area contributed by atoms with Gasteiger partial charge in [0.1, 0.15) is 5.54 Å². The number of carboxylic acids is 1. The Hall–Kier alpha value is -3.02. The summed E-state index contributed by atoms with van der Waals surface area (Å²) >= 11 is 0. The fourth-order valence-electron chi connectivity index (χ4n) is 3.35. The average molecular weight is 352 g/mol. The van der Waals surface area contributed by atoms with E-state index in [2.05, 4.69) is 4.98 Å². The largest absolute Gasteiger partial charge is 0.479 e. The van der Waals surface area contributed by atoms with Crippen LogP contribution in [0.1, 0.15) is 35.2 Å². The fraction of sp³-hybridized carbons (Fsp3) is 0.300.